The minimum Gasteiger partial charge on any atom is -0.481 e. The topological polar surface area (TPSA) is 79.3 Å². The van der Waals surface area contributed by atoms with Crippen LogP contribution in [0.1, 0.15) is 48.5 Å². The summed E-state index contributed by atoms with van der Waals surface area (Å²) in [5, 5.41) is 12.5. The van der Waals surface area contributed by atoms with Gasteiger partial charge in [0.15, 0.2) is 0 Å². The highest BCUT2D eigenvalue weighted by molar-refractivity contribution is 5.95. The van der Waals surface area contributed by atoms with Gasteiger partial charge in [-0.15, -0.1) is 0 Å². The molecule has 3 rings (SSSR count). The smallest absolute Gasteiger partial charge is 0.311 e. The summed E-state index contributed by atoms with van der Waals surface area (Å²) in [6, 6.07) is 9.44. The first-order chi connectivity index (χ1) is 12.4. The second-order valence-corrected chi connectivity index (χ2v) is 7.33. The van der Waals surface area contributed by atoms with Crippen LogP contribution in [0.15, 0.2) is 42.7 Å². The molecule has 1 aromatic heterocycles. The van der Waals surface area contributed by atoms with Crippen molar-refractivity contribution in [2.75, 3.05) is 0 Å². The fraction of sp³-hybridized carbons (Fsp3) is 0.381. The predicted molar refractivity (Wildman–Crippen MR) is 99.9 cm³/mol. The van der Waals surface area contributed by atoms with Gasteiger partial charge in [-0.05, 0) is 38.3 Å². The molecule has 136 valence electrons. The number of aliphatic carboxylic acids is 1. The van der Waals surface area contributed by atoms with E-state index in [1.165, 1.54) is 6.20 Å². The molecule has 0 spiro atoms. The van der Waals surface area contributed by atoms with Gasteiger partial charge in [0, 0.05) is 24.0 Å². The Hall–Kier alpha value is -2.69. The van der Waals surface area contributed by atoms with Gasteiger partial charge < -0.3 is 10.4 Å². The number of carbonyl (C=O) groups excluding carboxylic acids is 1. The molecular weight excluding hydrogens is 328 g/mol. The standard InChI is InChI=1S/C21H24N2O3/c1-14-6-5-7-15(10-14)16-11-17(13-22-12-16)19(24)23-18-8-3-4-9-21(18,2)20(25)26/h5-7,10-13,18H,3-4,8-9H2,1-2H3,(H,23,24)(H,25,26). The number of nitrogens with one attached hydrogen (secondary N) is 1. The normalized spacial score (nSPS) is 22.6. The molecule has 5 heteroatoms. The van der Waals surface area contributed by atoms with Gasteiger partial charge in [0.25, 0.3) is 5.91 Å². The van der Waals surface area contributed by atoms with Crippen molar-refractivity contribution >= 4 is 11.9 Å². The molecular formula is C21H24N2O3. The van der Waals surface area contributed by atoms with Crippen LogP contribution in [0.5, 0.6) is 0 Å². The number of carboxylic acids is 1. The summed E-state index contributed by atoms with van der Waals surface area (Å²) in [5.74, 6) is -1.12. The SMILES string of the molecule is Cc1cccc(-c2cncc(C(=O)NC3CCCCC3(C)C(=O)O)c2)c1. The number of carbonyl (C=O) groups is 2. The third-order valence-corrected chi connectivity index (χ3v) is 5.35. The summed E-state index contributed by atoms with van der Waals surface area (Å²) in [4.78, 5) is 28.6. The first-order valence-corrected chi connectivity index (χ1v) is 8.96. The first kappa shape index (κ1) is 18.1. The molecule has 1 fully saturated rings. The number of pyridine rings is 1. The summed E-state index contributed by atoms with van der Waals surface area (Å²) < 4.78 is 0. The molecule has 1 amide bonds. The molecule has 1 aliphatic carbocycles. The summed E-state index contributed by atoms with van der Waals surface area (Å²) in [7, 11) is 0. The van der Waals surface area contributed by atoms with Gasteiger partial charge in [-0.1, -0.05) is 42.7 Å². The molecule has 1 saturated carbocycles. The average molecular weight is 352 g/mol. The minimum atomic E-state index is -0.921. The third-order valence-electron chi connectivity index (χ3n) is 5.35. The number of rotatable bonds is 4. The number of aromatic nitrogens is 1. The van der Waals surface area contributed by atoms with E-state index in [1.807, 2.05) is 31.2 Å². The van der Waals surface area contributed by atoms with E-state index in [0.717, 1.165) is 29.5 Å². The molecule has 2 unspecified atom stereocenters. The number of aryl methyl sites for hydroxylation is 1. The van der Waals surface area contributed by atoms with E-state index < -0.39 is 11.4 Å². The summed E-state index contributed by atoms with van der Waals surface area (Å²) in [5.41, 5.74) is 2.53. The van der Waals surface area contributed by atoms with Gasteiger partial charge in [-0.25, -0.2) is 0 Å². The van der Waals surface area contributed by atoms with Gasteiger partial charge in [-0.3, -0.25) is 14.6 Å². The number of hydrogen-bond donors (Lipinski definition) is 2. The van der Waals surface area contributed by atoms with Crippen molar-refractivity contribution in [2.45, 2.75) is 45.6 Å². The van der Waals surface area contributed by atoms with E-state index in [4.69, 9.17) is 0 Å². The lowest BCUT2D eigenvalue weighted by atomic mass is 9.71. The van der Waals surface area contributed by atoms with Crippen molar-refractivity contribution in [3.05, 3.63) is 53.9 Å². The maximum atomic E-state index is 12.7. The molecule has 2 aromatic rings. The molecule has 0 aliphatic heterocycles. The molecule has 2 N–H and O–H groups in total. The Bertz CT molecular complexity index is 834. The van der Waals surface area contributed by atoms with Gasteiger partial charge in [-0.2, -0.15) is 0 Å². The van der Waals surface area contributed by atoms with Crippen molar-refractivity contribution in [2.24, 2.45) is 5.41 Å². The third kappa shape index (κ3) is 3.62. The van der Waals surface area contributed by atoms with Gasteiger partial charge >= 0.3 is 5.97 Å². The van der Waals surface area contributed by atoms with Crippen LogP contribution in [0.3, 0.4) is 0 Å². The van der Waals surface area contributed by atoms with Crippen molar-refractivity contribution < 1.29 is 14.7 Å². The second-order valence-electron chi connectivity index (χ2n) is 7.33. The van der Waals surface area contributed by atoms with E-state index in [-0.39, 0.29) is 11.9 Å². The summed E-state index contributed by atoms with van der Waals surface area (Å²) in [6.07, 6.45) is 6.31. The molecule has 26 heavy (non-hydrogen) atoms. The highest BCUT2D eigenvalue weighted by atomic mass is 16.4. The van der Waals surface area contributed by atoms with Gasteiger partial charge in [0.05, 0.1) is 11.0 Å². The van der Waals surface area contributed by atoms with Crippen LogP contribution in [-0.2, 0) is 4.79 Å². The first-order valence-electron chi connectivity index (χ1n) is 8.96. The van der Waals surface area contributed by atoms with Gasteiger partial charge in [0.2, 0.25) is 0 Å². The second kappa shape index (κ2) is 7.28. The highest BCUT2D eigenvalue weighted by Crippen LogP contribution is 2.36. The zero-order valence-electron chi connectivity index (χ0n) is 15.2. The Kier molecular flexibility index (Phi) is 5.07. The lowest BCUT2D eigenvalue weighted by Crippen LogP contribution is -2.52. The Morgan fingerprint density at radius 2 is 2.00 bits per heavy atom. The maximum absolute atomic E-state index is 12.7. The molecule has 0 saturated heterocycles. The Morgan fingerprint density at radius 3 is 2.73 bits per heavy atom. The zero-order chi connectivity index (χ0) is 18.7. The van der Waals surface area contributed by atoms with Crippen LogP contribution in [0, 0.1) is 12.3 Å². The number of amides is 1. The van der Waals surface area contributed by atoms with E-state index in [0.29, 0.717) is 18.4 Å². The number of benzene rings is 1. The quantitative estimate of drug-likeness (QED) is 0.877. The monoisotopic (exact) mass is 352 g/mol. The van der Waals surface area contributed by atoms with Crippen molar-refractivity contribution in [1.82, 2.24) is 10.3 Å². The van der Waals surface area contributed by atoms with Crippen LogP contribution in [-0.4, -0.2) is 28.0 Å². The largest absolute Gasteiger partial charge is 0.481 e. The molecule has 1 aromatic carbocycles. The molecule has 5 nitrogen and oxygen atoms in total. The summed E-state index contributed by atoms with van der Waals surface area (Å²) in [6.45, 7) is 3.74. The van der Waals surface area contributed by atoms with Gasteiger partial charge in [0.1, 0.15) is 0 Å². The fourth-order valence-corrected chi connectivity index (χ4v) is 3.61. The zero-order valence-corrected chi connectivity index (χ0v) is 15.2. The lowest BCUT2D eigenvalue weighted by molar-refractivity contribution is -0.151. The number of nitrogens with zero attached hydrogens (tertiary/aromatic N) is 1. The Labute approximate surface area is 153 Å². The van der Waals surface area contributed by atoms with E-state index in [2.05, 4.69) is 10.3 Å². The molecule has 1 aliphatic rings. The van der Waals surface area contributed by atoms with Crippen molar-refractivity contribution in [1.29, 1.82) is 0 Å². The lowest BCUT2D eigenvalue weighted by Gasteiger charge is -2.38. The van der Waals surface area contributed by atoms with E-state index in [9.17, 15) is 14.7 Å². The van der Waals surface area contributed by atoms with E-state index >= 15 is 0 Å². The molecule has 0 radical (unpaired) electrons. The van der Waals surface area contributed by atoms with Crippen LogP contribution < -0.4 is 5.32 Å². The molecule has 2 atom stereocenters. The highest BCUT2D eigenvalue weighted by Gasteiger charge is 2.43. The fourth-order valence-electron chi connectivity index (χ4n) is 3.61. The maximum Gasteiger partial charge on any atom is 0.311 e. The minimum absolute atomic E-state index is 0.272. The van der Waals surface area contributed by atoms with Crippen LogP contribution in [0.2, 0.25) is 0 Å². The predicted octanol–water partition coefficient (Wildman–Crippen LogP) is 3.82. The van der Waals surface area contributed by atoms with E-state index in [1.54, 1.807) is 19.2 Å². The van der Waals surface area contributed by atoms with Crippen molar-refractivity contribution in [3.8, 4) is 11.1 Å². The molecule has 0 bridgehead atoms. The van der Waals surface area contributed by atoms with Crippen LogP contribution in [0.4, 0.5) is 0 Å². The Balaban J connectivity index is 1.82. The molecule has 1 heterocycles. The Morgan fingerprint density at radius 1 is 1.19 bits per heavy atom. The average Bonchev–Trinajstić information content (AvgIpc) is 2.63. The van der Waals surface area contributed by atoms with Crippen molar-refractivity contribution in [3.63, 3.8) is 0 Å². The van der Waals surface area contributed by atoms with Crippen LogP contribution in [0.25, 0.3) is 11.1 Å². The summed E-state index contributed by atoms with van der Waals surface area (Å²) >= 11 is 0. The number of carboxylic acid groups (broad SMARTS) is 1. The van der Waals surface area contributed by atoms with Crippen LogP contribution >= 0.6 is 0 Å². The number of hydrogen-bond acceptors (Lipinski definition) is 3.